The first-order chi connectivity index (χ1) is 6.24. The van der Waals surface area contributed by atoms with E-state index in [9.17, 15) is 9.90 Å². The number of aldehydes is 1. The number of aromatic hydroxyl groups is 1. The Hall–Kier alpha value is -0.870. The average molecular weight is 257 g/mol. The van der Waals surface area contributed by atoms with Gasteiger partial charge in [-0.3, -0.25) is 4.79 Å². The smallest absolute Gasteiger partial charge is 0.150 e. The molecule has 2 nitrogen and oxygen atoms in total. The second-order valence-electron chi connectivity index (χ2n) is 2.58. The van der Waals surface area contributed by atoms with Gasteiger partial charge in [-0.2, -0.15) is 0 Å². The van der Waals surface area contributed by atoms with Crippen LogP contribution in [0.25, 0.3) is 10.1 Å². The highest BCUT2D eigenvalue weighted by molar-refractivity contribution is 9.10. The minimum Gasteiger partial charge on any atom is -0.507 e. The Labute approximate surface area is 86.9 Å². The number of thiophene rings is 1. The summed E-state index contributed by atoms with van der Waals surface area (Å²) in [4.78, 5) is 10.7. The van der Waals surface area contributed by atoms with Gasteiger partial charge in [0.1, 0.15) is 5.75 Å². The van der Waals surface area contributed by atoms with Crippen LogP contribution < -0.4 is 0 Å². The van der Waals surface area contributed by atoms with E-state index >= 15 is 0 Å². The van der Waals surface area contributed by atoms with Crippen LogP contribution in [0, 0.1) is 0 Å². The summed E-state index contributed by atoms with van der Waals surface area (Å²) in [5, 5.41) is 12.2. The summed E-state index contributed by atoms with van der Waals surface area (Å²) in [7, 11) is 0. The van der Waals surface area contributed by atoms with E-state index in [1.54, 1.807) is 0 Å². The maximum absolute atomic E-state index is 10.7. The monoisotopic (exact) mass is 256 g/mol. The summed E-state index contributed by atoms with van der Waals surface area (Å²) in [5.41, 5.74) is 0.525. The SMILES string of the molecule is O=Cc1cc(O)c(Br)c2sccc12. The summed E-state index contributed by atoms with van der Waals surface area (Å²) in [5.74, 6) is 0.108. The predicted octanol–water partition coefficient (Wildman–Crippen LogP) is 3.18. The largest absolute Gasteiger partial charge is 0.507 e. The molecular weight excluding hydrogens is 252 g/mol. The van der Waals surface area contributed by atoms with Gasteiger partial charge in [0.05, 0.1) is 9.17 Å². The fraction of sp³-hybridized carbons (Fsp3) is 0. The zero-order valence-electron chi connectivity index (χ0n) is 6.45. The normalized spacial score (nSPS) is 10.5. The Morgan fingerprint density at radius 1 is 1.54 bits per heavy atom. The van der Waals surface area contributed by atoms with Gasteiger partial charge in [-0.1, -0.05) is 0 Å². The molecule has 0 radical (unpaired) electrons. The van der Waals surface area contributed by atoms with Crippen LogP contribution in [0.2, 0.25) is 0 Å². The summed E-state index contributed by atoms with van der Waals surface area (Å²) >= 11 is 4.76. The van der Waals surface area contributed by atoms with Gasteiger partial charge in [0.25, 0.3) is 0 Å². The van der Waals surface area contributed by atoms with Crippen molar-refractivity contribution in [3.63, 3.8) is 0 Å². The number of hydrogen-bond donors (Lipinski definition) is 1. The fourth-order valence-corrected chi connectivity index (χ4v) is 2.68. The van der Waals surface area contributed by atoms with Crippen LogP contribution in [0.4, 0.5) is 0 Å². The minimum atomic E-state index is 0.108. The van der Waals surface area contributed by atoms with Gasteiger partial charge in [-0.05, 0) is 33.4 Å². The van der Waals surface area contributed by atoms with Crippen molar-refractivity contribution in [3.8, 4) is 5.75 Å². The number of hydrogen-bond acceptors (Lipinski definition) is 3. The molecule has 0 bridgehead atoms. The zero-order valence-corrected chi connectivity index (χ0v) is 8.85. The van der Waals surface area contributed by atoms with Crippen molar-refractivity contribution in [2.75, 3.05) is 0 Å². The number of halogens is 1. The van der Waals surface area contributed by atoms with Crippen molar-refractivity contribution in [3.05, 3.63) is 27.5 Å². The zero-order chi connectivity index (χ0) is 9.42. The summed E-state index contributed by atoms with van der Waals surface area (Å²) < 4.78 is 1.56. The number of benzene rings is 1. The van der Waals surface area contributed by atoms with Crippen molar-refractivity contribution in [2.45, 2.75) is 0 Å². The summed E-state index contributed by atoms with van der Waals surface area (Å²) in [6, 6.07) is 3.33. The predicted molar refractivity (Wildman–Crippen MR) is 56.6 cm³/mol. The van der Waals surface area contributed by atoms with Crippen LogP contribution in [-0.4, -0.2) is 11.4 Å². The quantitative estimate of drug-likeness (QED) is 0.796. The lowest BCUT2D eigenvalue weighted by molar-refractivity contribution is 0.112. The third kappa shape index (κ3) is 1.26. The molecule has 1 N–H and O–H groups in total. The number of phenols is 1. The first kappa shape index (κ1) is 8.72. The lowest BCUT2D eigenvalue weighted by Gasteiger charge is -2.00. The molecule has 66 valence electrons. The maximum atomic E-state index is 10.7. The van der Waals surface area contributed by atoms with Gasteiger partial charge < -0.3 is 5.11 Å². The van der Waals surface area contributed by atoms with Crippen LogP contribution in [0.1, 0.15) is 10.4 Å². The molecule has 4 heteroatoms. The van der Waals surface area contributed by atoms with Crippen LogP contribution >= 0.6 is 27.3 Å². The molecule has 0 aliphatic heterocycles. The molecule has 0 unspecified atom stereocenters. The molecule has 0 spiro atoms. The van der Waals surface area contributed by atoms with E-state index in [2.05, 4.69) is 15.9 Å². The van der Waals surface area contributed by atoms with Crippen molar-refractivity contribution in [1.82, 2.24) is 0 Å². The van der Waals surface area contributed by atoms with Gasteiger partial charge in [0, 0.05) is 10.9 Å². The Kier molecular flexibility index (Phi) is 2.09. The third-order valence-corrected chi connectivity index (χ3v) is 3.82. The first-order valence-corrected chi connectivity index (χ1v) is 5.25. The molecule has 0 aliphatic carbocycles. The molecule has 0 amide bonds. The fourth-order valence-electron chi connectivity index (χ4n) is 1.21. The molecule has 13 heavy (non-hydrogen) atoms. The number of carbonyl (C=O) groups is 1. The van der Waals surface area contributed by atoms with Gasteiger partial charge in [0.2, 0.25) is 0 Å². The molecular formula is C9H5BrO2S. The van der Waals surface area contributed by atoms with E-state index < -0.39 is 0 Å². The van der Waals surface area contributed by atoms with E-state index in [0.29, 0.717) is 10.0 Å². The lowest BCUT2D eigenvalue weighted by Crippen LogP contribution is -1.81. The topological polar surface area (TPSA) is 37.3 Å². The number of phenolic OH excluding ortho intramolecular Hbond substituents is 1. The van der Waals surface area contributed by atoms with E-state index in [-0.39, 0.29) is 5.75 Å². The third-order valence-electron chi connectivity index (χ3n) is 1.82. The Balaban J connectivity index is 2.95. The Bertz CT molecular complexity index is 476. The van der Waals surface area contributed by atoms with E-state index in [0.717, 1.165) is 16.4 Å². The second-order valence-corrected chi connectivity index (χ2v) is 4.29. The molecule has 0 atom stereocenters. The van der Waals surface area contributed by atoms with E-state index in [1.807, 2.05) is 11.4 Å². The van der Waals surface area contributed by atoms with E-state index in [1.165, 1.54) is 17.4 Å². The summed E-state index contributed by atoms with van der Waals surface area (Å²) in [6.07, 6.45) is 0.751. The highest BCUT2D eigenvalue weighted by Crippen LogP contribution is 2.37. The maximum Gasteiger partial charge on any atom is 0.150 e. The average Bonchev–Trinajstić information content (AvgIpc) is 2.60. The Morgan fingerprint density at radius 3 is 3.00 bits per heavy atom. The second kappa shape index (κ2) is 3.12. The molecule has 1 aromatic carbocycles. The van der Waals surface area contributed by atoms with Crippen molar-refractivity contribution >= 4 is 43.6 Å². The molecule has 1 heterocycles. The molecule has 2 aromatic rings. The van der Waals surface area contributed by atoms with Gasteiger partial charge in [-0.25, -0.2) is 0 Å². The number of carbonyl (C=O) groups excluding carboxylic acids is 1. The first-order valence-electron chi connectivity index (χ1n) is 3.58. The number of fused-ring (bicyclic) bond motifs is 1. The molecule has 0 fully saturated rings. The molecule has 0 saturated heterocycles. The molecule has 0 aliphatic rings. The highest BCUT2D eigenvalue weighted by Gasteiger charge is 2.09. The highest BCUT2D eigenvalue weighted by atomic mass is 79.9. The van der Waals surface area contributed by atoms with Crippen LogP contribution in [-0.2, 0) is 0 Å². The molecule has 2 rings (SSSR count). The van der Waals surface area contributed by atoms with Crippen molar-refractivity contribution in [1.29, 1.82) is 0 Å². The Morgan fingerprint density at radius 2 is 2.31 bits per heavy atom. The van der Waals surface area contributed by atoms with Crippen LogP contribution in [0.15, 0.2) is 22.0 Å². The minimum absolute atomic E-state index is 0.108. The van der Waals surface area contributed by atoms with Gasteiger partial charge >= 0.3 is 0 Å². The van der Waals surface area contributed by atoms with Crippen LogP contribution in [0.5, 0.6) is 5.75 Å². The molecule has 0 saturated carbocycles. The summed E-state index contributed by atoms with van der Waals surface area (Å²) in [6.45, 7) is 0. The number of rotatable bonds is 1. The van der Waals surface area contributed by atoms with Gasteiger partial charge in [-0.15, -0.1) is 11.3 Å². The van der Waals surface area contributed by atoms with Gasteiger partial charge in [0.15, 0.2) is 6.29 Å². The van der Waals surface area contributed by atoms with E-state index in [4.69, 9.17) is 0 Å². The van der Waals surface area contributed by atoms with Crippen molar-refractivity contribution in [2.24, 2.45) is 0 Å². The molecule has 1 aromatic heterocycles. The van der Waals surface area contributed by atoms with Crippen LogP contribution in [0.3, 0.4) is 0 Å². The standard InChI is InChI=1S/C9H5BrO2S/c10-8-7(12)3-5(4-11)6-1-2-13-9(6)8/h1-4,12H. The lowest BCUT2D eigenvalue weighted by atomic mass is 10.1. The van der Waals surface area contributed by atoms with Crippen molar-refractivity contribution < 1.29 is 9.90 Å².